The molecule has 1 heterocycles. The molecule has 1 aliphatic rings. The Morgan fingerprint density at radius 3 is 2.52 bits per heavy atom. The molecular weight excluding hydrogens is 438 g/mol. The first-order valence-corrected chi connectivity index (χ1v) is 14.7. The van der Waals surface area contributed by atoms with Gasteiger partial charge in [0.15, 0.2) is 11.8 Å². The van der Waals surface area contributed by atoms with Gasteiger partial charge in [0, 0.05) is 33.3 Å². The first-order chi connectivity index (χ1) is 15.7. The van der Waals surface area contributed by atoms with Gasteiger partial charge < -0.3 is 19.9 Å². The van der Waals surface area contributed by atoms with Crippen LogP contribution in [0.25, 0.3) is 0 Å². The summed E-state index contributed by atoms with van der Waals surface area (Å²) >= 11 is 0. The van der Waals surface area contributed by atoms with E-state index in [4.69, 9.17) is 9.47 Å². The number of nitrogens with zero attached hydrogens (tertiary/aromatic N) is 1. The van der Waals surface area contributed by atoms with Crippen LogP contribution in [0.3, 0.4) is 0 Å². The molecular formula is C24H33N3O5Si. The van der Waals surface area contributed by atoms with Gasteiger partial charge in [0.2, 0.25) is 0 Å². The fourth-order valence-electron chi connectivity index (χ4n) is 3.64. The Kier molecular flexibility index (Phi) is 7.91. The van der Waals surface area contributed by atoms with Gasteiger partial charge in [0.25, 0.3) is 5.91 Å². The summed E-state index contributed by atoms with van der Waals surface area (Å²) in [6, 6.07) is 12.9. The van der Waals surface area contributed by atoms with Crippen LogP contribution in [0.2, 0.25) is 25.7 Å². The van der Waals surface area contributed by atoms with Crippen LogP contribution in [-0.2, 0) is 21.6 Å². The molecule has 1 atom stereocenters. The zero-order chi connectivity index (χ0) is 24.1. The van der Waals surface area contributed by atoms with E-state index < -0.39 is 13.6 Å². The van der Waals surface area contributed by atoms with Crippen molar-refractivity contribution < 1.29 is 24.2 Å². The van der Waals surface area contributed by atoms with Gasteiger partial charge in [0.05, 0.1) is 7.11 Å². The molecule has 0 aliphatic carbocycles. The molecule has 178 valence electrons. The largest absolute Gasteiger partial charge is 0.508 e. The van der Waals surface area contributed by atoms with Crippen molar-refractivity contribution in [2.75, 3.05) is 27.0 Å². The molecule has 8 nitrogen and oxygen atoms in total. The molecule has 3 rings (SSSR count). The van der Waals surface area contributed by atoms with E-state index in [0.717, 1.165) is 23.5 Å². The number of phenolic OH excluding ortho intramolecular Hbond substituents is 1. The SMILES string of the molecule is COc1ccc(CNC[C@@]2(c3ccc(O)cc3)NN(COCC[Si](C)(C)C)C2=O)c(C=O)c1. The predicted molar refractivity (Wildman–Crippen MR) is 129 cm³/mol. The first-order valence-electron chi connectivity index (χ1n) is 11.0. The van der Waals surface area contributed by atoms with Crippen molar-refractivity contribution in [3.05, 3.63) is 59.2 Å². The molecule has 1 saturated heterocycles. The van der Waals surface area contributed by atoms with Gasteiger partial charge in [0.1, 0.15) is 18.2 Å². The number of carbonyl (C=O) groups excluding carboxylic acids is 2. The summed E-state index contributed by atoms with van der Waals surface area (Å²) in [6.45, 7) is 8.34. The number of benzene rings is 2. The second kappa shape index (κ2) is 10.5. The molecule has 2 aromatic rings. The van der Waals surface area contributed by atoms with Crippen molar-refractivity contribution in [2.45, 2.75) is 37.8 Å². The average Bonchev–Trinajstić information content (AvgIpc) is 2.79. The lowest BCUT2D eigenvalue weighted by Gasteiger charge is -2.49. The molecule has 9 heteroatoms. The number of carbonyl (C=O) groups is 2. The van der Waals surface area contributed by atoms with E-state index in [1.54, 1.807) is 43.5 Å². The van der Waals surface area contributed by atoms with Crippen LogP contribution in [0.4, 0.5) is 0 Å². The van der Waals surface area contributed by atoms with Crippen LogP contribution in [0.5, 0.6) is 11.5 Å². The number of hydrogen-bond donors (Lipinski definition) is 3. The summed E-state index contributed by atoms with van der Waals surface area (Å²) < 4.78 is 10.9. The van der Waals surface area contributed by atoms with E-state index in [1.807, 2.05) is 6.07 Å². The van der Waals surface area contributed by atoms with E-state index in [-0.39, 0.29) is 18.4 Å². The number of rotatable bonds is 12. The van der Waals surface area contributed by atoms with Gasteiger partial charge in [-0.3, -0.25) is 9.59 Å². The van der Waals surface area contributed by atoms with Gasteiger partial charge >= 0.3 is 0 Å². The van der Waals surface area contributed by atoms with Crippen molar-refractivity contribution in [3.63, 3.8) is 0 Å². The Labute approximate surface area is 195 Å². The van der Waals surface area contributed by atoms with Crippen molar-refractivity contribution >= 4 is 20.3 Å². The Morgan fingerprint density at radius 2 is 1.91 bits per heavy atom. The number of aromatic hydroxyl groups is 1. The fraction of sp³-hybridized carbons (Fsp3) is 0.417. The smallest absolute Gasteiger partial charge is 0.266 e. The molecule has 3 N–H and O–H groups in total. The number of hydrogen-bond acceptors (Lipinski definition) is 7. The predicted octanol–water partition coefficient (Wildman–Crippen LogP) is 2.86. The number of methoxy groups -OCH3 is 1. The minimum atomic E-state index is -1.20. The lowest BCUT2D eigenvalue weighted by atomic mass is 9.85. The topological polar surface area (TPSA) is 100 Å². The third-order valence-corrected chi connectivity index (χ3v) is 7.40. The highest BCUT2D eigenvalue weighted by atomic mass is 28.3. The van der Waals surface area contributed by atoms with E-state index in [9.17, 15) is 14.7 Å². The molecule has 1 fully saturated rings. The van der Waals surface area contributed by atoms with Crippen LogP contribution in [0.1, 0.15) is 21.5 Å². The van der Waals surface area contributed by atoms with Crippen molar-refractivity contribution in [3.8, 4) is 11.5 Å². The Balaban J connectivity index is 1.67. The van der Waals surface area contributed by atoms with E-state index >= 15 is 0 Å². The zero-order valence-electron chi connectivity index (χ0n) is 19.7. The summed E-state index contributed by atoms with van der Waals surface area (Å²) in [4.78, 5) is 24.7. The molecule has 0 spiro atoms. The Hall–Kier alpha value is -2.72. The van der Waals surface area contributed by atoms with E-state index in [1.165, 1.54) is 5.01 Å². The molecule has 0 radical (unpaired) electrons. The van der Waals surface area contributed by atoms with E-state index in [0.29, 0.717) is 31.0 Å². The van der Waals surface area contributed by atoms with Crippen LogP contribution in [0, 0.1) is 0 Å². The van der Waals surface area contributed by atoms with Gasteiger partial charge in [-0.25, -0.2) is 10.4 Å². The highest BCUT2D eigenvalue weighted by Gasteiger charge is 2.53. The first kappa shape index (κ1) is 24.9. The second-order valence-electron chi connectivity index (χ2n) is 9.43. The number of ether oxygens (including phenoxy) is 2. The number of hydrazine groups is 1. The molecule has 2 aromatic carbocycles. The summed E-state index contributed by atoms with van der Waals surface area (Å²) in [7, 11) is 0.349. The molecule has 0 aromatic heterocycles. The van der Waals surface area contributed by atoms with Gasteiger partial charge in [-0.1, -0.05) is 37.8 Å². The van der Waals surface area contributed by atoms with Crippen LogP contribution in [0.15, 0.2) is 42.5 Å². The summed E-state index contributed by atoms with van der Waals surface area (Å²) in [5.74, 6) is 0.634. The lowest BCUT2D eigenvalue weighted by Crippen LogP contribution is -2.76. The minimum absolute atomic E-state index is 0.112. The Bertz CT molecular complexity index is 977. The highest BCUT2D eigenvalue weighted by Crippen LogP contribution is 2.32. The normalized spacial score (nSPS) is 18.2. The van der Waals surface area contributed by atoms with Crippen LogP contribution < -0.4 is 15.5 Å². The number of nitrogens with one attached hydrogen (secondary N) is 2. The van der Waals surface area contributed by atoms with Crippen LogP contribution in [-0.4, -0.2) is 57.4 Å². The molecule has 1 aliphatic heterocycles. The minimum Gasteiger partial charge on any atom is -0.508 e. The zero-order valence-corrected chi connectivity index (χ0v) is 20.7. The monoisotopic (exact) mass is 471 g/mol. The summed E-state index contributed by atoms with van der Waals surface area (Å²) in [5, 5.41) is 14.4. The molecule has 0 bridgehead atoms. The fourth-order valence-corrected chi connectivity index (χ4v) is 4.39. The molecule has 0 saturated carbocycles. The molecule has 1 amide bonds. The quantitative estimate of drug-likeness (QED) is 0.249. The van der Waals surface area contributed by atoms with Gasteiger partial charge in [-0.05, 0) is 41.4 Å². The third kappa shape index (κ3) is 6.00. The van der Waals surface area contributed by atoms with Crippen LogP contribution >= 0.6 is 0 Å². The average molecular weight is 472 g/mol. The number of phenols is 1. The summed E-state index contributed by atoms with van der Waals surface area (Å²) in [6.07, 6.45) is 0.793. The third-order valence-electron chi connectivity index (χ3n) is 5.70. The summed E-state index contributed by atoms with van der Waals surface area (Å²) in [5.41, 5.74) is 4.34. The van der Waals surface area contributed by atoms with Gasteiger partial charge in [-0.2, -0.15) is 0 Å². The van der Waals surface area contributed by atoms with E-state index in [2.05, 4.69) is 30.4 Å². The standard InChI is InChI=1S/C24H33N3O5Si/c1-31-22-10-5-18(19(13-22)15-28)14-25-16-24(20-6-8-21(29)9-7-20)23(30)27(26-24)17-32-11-12-33(2,3)4/h5-10,13,15,25-26,29H,11-12,14,16-17H2,1-4H3/t24-/m0/s1. The highest BCUT2D eigenvalue weighted by molar-refractivity contribution is 6.76. The molecule has 33 heavy (non-hydrogen) atoms. The Morgan fingerprint density at radius 1 is 1.18 bits per heavy atom. The van der Waals surface area contributed by atoms with Gasteiger partial charge in [-0.15, -0.1) is 0 Å². The second-order valence-corrected chi connectivity index (χ2v) is 15.1. The lowest BCUT2D eigenvalue weighted by molar-refractivity contribution is -0.177. The number of amides is 1. The maximum atomic E-state index is 13.2. The molecule has 0 unspecified atom stereocenters. The van der Waals surface area contributed by atoms with Crippen molar-refractivity contribution in [2.24, 2.45) is 0 Å². The number of aldehydes is 1. The maximum Gasteiger partial charge on any atom is 0.266 e. The van der Waals surface area contributed by atoms with Crippen molar-refractivity contribution in [1.82, 2.24) is 15.8 Å². The maximum absolute atomic E-state index is 13.2. The van der Waals surface area contributed by atoms with Crippen molar-refractivity contribution in [1.29, 1.82) is 0 Å².